The number of hydrogen-bond acceptors (Lipinski definition) is 7. The molecular weight excluding hydrogens is 480 g/mol. The first-order chi connectivity index (χ1) is 17.7. The zero-order chi connectivity index (χ0) is 25.8. The first-order valence-electron chi connectivity index (χ1n) is 13.1. The summed E-state index contributed by atoms with van der Waals surface area (Å²) in [4.78, 5) is 24.9. The number of fused-ring (bicyclic) bond motifs is 3. The van der Waals surface area contributed by atoms with Gasteiger partial charge >= 0.3 is 0 Å². The average Bonchev–Trinajstić information content (AvgIpc) is 3.64. The maximum atomic E-state index is 14.4. The van der Waals surface area contributed by atoms with Crippen LogP contribution in [0.3, 0.4) is 0 Å². The molecule has 1 atom stereocenters. The quantitative estimate of drug-likeness (QED) is 0.586. The molecule has 10 heteroatoms. The Kier molecular flexibility index (Phi) is 6.16. The third-order valence-corrected chi connectivity index (χ3v) is 8.18. The fourth-order valence-electron chi connectivity index (χ4n) is 6.37. The Morgan fingerprint density at radius 3 is 2.65 bits per heavy atom. The van der Waals surface area contributed by atoms with Gasteiger partial charge in [-0.05, 0) is 44.2 Å². The van der Waals surface area contributed by atoms with Crippen molar-refractivity contribution < 1.29 is 23.0 Å². The smallest absolute Gasteiger partial charge is 0.273 e. The highest BCUT2D eigenvalue weighted by Gasteiger charge is 2.45. The highest BCUT2D eigenvalue weighted by molar-refractivity contribution is 5.80. The highest BCUT2D eigenvalue weighted by Crippen LogP contribution is 2.44. The number of carbonyl (C=O) groups is 1. The molecule has 4 heterocycles. The summed E-state index contributed by atoms with van der Waals surface area (Å²) in [5.74, 6) is -1.87. The van der Waals surface area contributed by atoms with Crippen LogP contribution in [-0.2, 0) is 33.0 Å². The van der Waals surface area contributed by atoms with E-state index in [1.165, 1.54) is 6.07 Å². The normalized spacial score (nSPS) is 26.9. The van der Waals surface area contributed by atoms with E-state index in [0.717, 1.165) is 38.0 Å². The van der Waals surface area contributed by atoms with Crippen LogP contribution in [0.25, 0.3) is 0 Å². The Bertz CT molecular complexity index is 1210. The third kappa shape index (κ3) is 4.59. The Balaban J connectivity index is 1.29. The summed E-state index contributed by atoms with van der Waals surface area (Å²) in [5, 5.41) is 6.70. The molecule has 2 N–H and O–H groups in total. The lowest BCUT2D eigenvalue weighted by Crippen LogP contribution is -2.48. The molecule has 1 unspecified atom stereocenters. The van der Waals surface area contributed by atoms with E-state index in [4.69, 9.17) is 9.47 Å². The fraction of sp³-hybridized carbons (Fsp3) is 0.593. The van der Waals surface area contributed by atoms with E-state index in [2.05, 4.69) is 25.5 Å². The summed E-state index contributed by atoms with van der Waals surface area (Å²) < 4.78 is 40.4. The standard InChI is InChI=1S/C27H33F2N5O3/c1-16(18-4-3-5-20-19(18)6-7-27(20,28)29)30-24-23(25-36-12-13-37-25)21(31-17(2)32-24)14-22(35)33-26-8-10-34(15-26)11-9-26/h3-5,16,25H,6-15H2,1-2H3,(H,33,35)(H,30,31,32). The van der Waals surface area contributed by atoms with Crippen LogP contribution in [0.2, 0.25) is 0 Å². The second-order valence-corrected chi connectivity index (χ2v) is 10.8. The van der Waals surface area contributed by atoms with Gasteiger partial charge in [-0.2, -0.15) is 0 Å². The third-order valence-electron chi connectivity index (χ3n) is 8.18. The number of amides is 1. The van der Waals surface area contributed by atoms with Crippen LogP contribution < -0.4 is 10.6 Å². The summed E-state index contributed by atoms with van der Waals surface area (Å²) >= 11 is 0. The molecule has 1 aromatic carbocycles. The highest BCUT2D eigenvalue weighted by atomic mass is 19.3. The summed E-state index contributed by atoms with van der Waals surface area (Å²) in [5.41, 5.74) is 2.62. The van der Waals surface area contributed by atoms with Gasteiger partial charge in [0.25, 0.3) is 5.92 Å². The number of benzene rings is 1. The molecule has 1 aromatic heterocycles. The largest absolute Gasteiger partial charge is 0.363 e. The molecule has 3 saturated heterocycles. The Morgan fingerprint density at radius 2 is 1.95 bits per heavy atom. The van der Waals surface area contributed by atoms with Gasteiger partial charge < -0.3 is 25.0 Å². The number of nitrogens with one attached hydrogen (secondary N) is 2. The lowest BCUT2D eigenvalue weighted by molar-refractivity contribution is -0.122. The lowest BCUT2D eigenvalue weighted by atomic mass is 9.95. The molecule has 37 heavy (non-hydrogen) atoms. The van der Waals surface area contributed by atoms with Crippen LogP contribution in [0.4, 0.5) is 14.6 Å². The van der Waals surface area contributed by atoms with Crippen molar-refractivity contribution in [2.24, 2.45) is 0 Å². The number of rotatable bonds is 7. The molecular formula is C27H33F2N5O3. The topological polar surface area (TPSA) is 88.6 Å². The van der Waals surface area contributed by atoms with Crippen LogP contribution >= 0.6 is 0 Å². The number of carbonyl (C=O) groups excluding carboxylic acids is 1. The molecule has 0 saturated carbocycles. The molecule has 1 amide bonds. The van der Waals surface area contributed by atoms with Crippen molar-refractivity contribution in [2.45, 2.75) is 69.7 Å². The van der Waals surface area contributed by atoms with Crippen molar-refractivity contribution in [3.8, 4) is 0 Å². The molecule has 2 aromatic rings. The minimum Gasteiger partial charge on any atom is -0.363 e. The first kappa shape index (κ1) is 24.6. The van der Waals surface area contributed by atoms with Gasteiger partial charge in [0.1, 0.15) is 11.6 Å². The van der Waals surface area contributed by atoms with Gasteiger partial charge in [0.15, 0.2) is 6.29 Å². The number of alkyl halides is 2. The number of aryl methyl sites for hydroxylation is 1. The van der Waals surface area contributed by atoms with E-state index in [1.807, 2.05) is 13.0 Å². The number of piperidine rings is 1. The van der Waals surface area contributed by atoms with Gasteiger partial charge in [0.05, 0.1) is 42.5 Å². The summed E-state index contributed by atoms with van der Waals surface area (Å²) in [7, 11) is 0. The second kappa shape index (κ2) is 9.25. The van der Waals surface area contributed by atoms with Crippen LogP contribution in [0.1, 0.15) is 72.3 Å². The number of hydrogen-bond donors (Lipinski definition) is 2. The monoisotopic (exact) mass is 513 g/mol. The molecule has 1 aliphatic carbocycles. The minimum atomic E-state index is -2.80. The van der Waals surface area contributed by atoms with E-state index in [1.54, 1.807) is 13.0 Å². The predicted molar refractivity (Wildman–Crippen MR) is 132 cm³/mol. The molecule has 0 radical (unpaired) electrons. The van der Waals surface area contributed by atoms with Gasteiger partial charge in [-0.15, -0.1) is 0 Å². The maximum absolute atomic E-state index is 14.4. The van der Waals surface area contributed by atoms with Crippen molar-refractivity contribution in [3.63, 3.8) is 0 Å². The zero-order valence-corrected chi connectivity index (χ0v) is 21.3. The van der Waals surface area contributed by atoms with Crippen LogP contribution in [-0.4, -0.2) is 59.2 Å². The van der Waals surface area contributed by atoms with Gasteiger partial charge in [-0.1, -0.05) is 18.2 Å². The summed E-state index contributed by atoms with van der Waals surface area (Å²) in [6.45, 7) is 7.50. The summed E-state index contributed by atoms with van der Waals surface area (Å²) in [6, 6.07) is 4.78. The Labute approximate surface area is 215 Å². The molecule has 8 nitrogen and oxygen atoms in total. The predicted octanol–water partition coefficient (Wildman–Crippen LogP) is 3.55. The molecule has 3 aliphatic heterocycles. The molecule has 4 aliphatic rings. The van der Waals surface area contributed by atoms with Crippen LogP contribution in [0.15, 0.2) is 18.2 Å². The molecule has 2 bridgehead atoms. The van der Waals surface area contributed by atoms with Crippen molar-refractivity contribution >= 4 is 11.7 Å². The fourth-order valence-corrected chi connectivity index (χ4v) is 6.37. The number of anilines is 1. The lowest BCUT2D eigenvalue weighted by Gasteiger charge is -2.27. The van der Waals surface area contributed by atoms with Crippen LogP contribution in [0.5, 0.6) is 0 Å². The number of aromatic nitrogens is 2. The maximum Gasteiger partial charge on any atom is 0.273 e. The zero-order valence-electron chi connectivity index (χ0n) is 21.3. The molecule has 198 valence electrons. The van der Waals surface area contributed by atoms with Crippen molar-refractivity contribution in [1.82, 2.24) is 20.2 Å². The minimum absolute atomic E-state index is 0.0804. The number of ether oxygens (including phenoxy) is 2. The Hall–Kier alpha value is -2.69. The molecule has 3 fully saturated rings. The average molecular weight is 514 g/mol. The van der Waals surface area contributed by atoms with Crippen LogP contribution in [0, 0.1) is 6.92 Å². The van der Waals surface area contributed by atoms with E-state index >= 15 is 0 Å². The van der Waals surface area contributed by atoms with Crippen molar-refractivity contribution in [1.29, 1.82) is 0 Å². The SMILES string of the molecule is Cc1nc(CC(=O)NC23CCN(CC2)C3)c(C2OCCO2)c(NC(C)c2cccc3c2CCC3(F)F)n1. The Morgan fingerprint density at radius 1 is 1.19 bits per heavy atom. The molecule has 6 rings (SSSR count). The van der Waals surface area contributed by atoms with E-state index < -0.39 is 12.2 Å². The van der Waals surface area contributed by atoms with Crippen molar-refractivity contribution in [3.05, 3.63) is 52.0 Å². The van der Waals surface area contributed by atoms with E-state index in [0.29, 0.717) is 48.1 Å². The molecule has 0 spiro atoms. The van der Waals surface area contributed by atoms with E-state index in [9.17, 15) is 13.6 Å². The first-order valence-corrected chi connectivity index (χ1v) is 13.1. The van der Waals surface area contributed by atoms with Gasteiger partial charge in [0.2, 0.25) is 5.91 Å². The second-order valence-electron chi connectivity index (χ2n) is 10.8. The van der Waals surface area contributed by atoms with Gasteiger partial charge in [-0.25, -0.2) is 18.7 Å². The van der Waals surface area contributed by atoms with Gasteiger partial charge in [0, 0.05) is 31.6 Å². The summed E-state index contributed by atoms with van der Waals surface area (Å²) in [6.07, 6.45) is 1.48. The van der Waals surface area contributed by atoms with Crippen molar-refractivity contribution in [2.75, 3.05) is 38.2 Å². The van der Waals surface area contributed by atoms with Gasteiger partial charge in [-0.3, -0.25) is 4.79 Å². The number of halogens is 2. The number of nitrogens with zero attached hydrogens (tertiary/aromatic N) is 3. The van der Waals surface area contributed by atoms with E-state index in [-0.39, 0.29) is 35.9 Å².